The fourth-order valence-electron chi connectivity index (χ4n) is 1.72. The van der Waals surface area contributed by atoms with Crippen molar-refractivity contribution in [2.24, 2.45) is 5.92 Å². The van der Waals surface area contributed by atoms with E-state index in [0.717, 1.165) is 32.6 Å². The van der Waals surface area contributed by atoms with Crippen molar-refractivity contribution in [2.45, 2.75) is 47.0 Å². The third-order valence-corrected chi connectivity index (χ3v) is 2.88. The van der Waals surface area contributed by atoms with Crippen molar-refractivity contribution in [3.05, 3.63) is 0 Å². The Labute approximate surface area is 101 Å². The van der Waals surface area contributed by atoms with Crippen molar-refractivity contribution < 1.29 is 4.79 Å². The number of unbranched alkanes of at least 4 members (excludes halogenated alkanes) is 1. The van der Waals surface area contributed by atoms with Crippen molar-refractivity contribution >= 4 is 5.91 Å². The summed E-state index contributed by atoms with van der Waals surface area (Å²) < 4.78 is 0. The predicted molar refractivity (Wildman–Crippen MR) is 69.5 cm³/mol. The van der Waals surface area contributed by atoms with E-state index in [2.05, 4.69) is 19.2 Å². The van der Waals surface area contributed by atoms with Gasteiger partial charge in [-0.25, -0.2) is 0 Å². The molecule has 16 heavy (non-hydrogen) atoms. The summed E-state index contributed by atoms with van der Waals surface area (Å²) in [6.07, 6.45) is 3.65. The van der Waals surface area contributed by atoms with Gasteiger partial charge in [0.05, 0.1) is 0 Å². The Balaban J connectivity index is 3.56. The highest BCUT2D eigenvalue weighted by Gasteiger charge is 2.10. The molecular formula is C13H28N2O. The molecule has 0 aromatic rings. The van der Waals surface area contributed by atoms with Crippen LogP contribution >= 0.6 is 0 Å². The second-order valence-corrected chi connectivity index (χ2v) is 4.56. The molecule has 0 radical (unpaired) electrons. The maximum absolute atomic E-state index is 11.2. The van der Waals surface area contributed by atoms with Gasteiger partial charge in [0.1, 0.15) is 0 Å². The first kappa shape index (κ1) is 15.4. The van der Waals surface area contributed by atoms with Gasteiger partial charge >= 0.3 is 0 Å². The lowest BCUT2D eigenvalue weighted by Gasteiger charge is -2.23. The second-order valence-electron chi connectivity index (χ2n) is 4.56. The fraction of sp³-hybridized carbons (Fsp3) is 0.923. The topological polar surface area (TPSA) is 32.3 Å². The molecule has 0 aromatic carbocycles. The number of amides is 1. The quantitative estimate of drug-likeness (QED) is 0.614. The van der Waals surface area contributed by atoms with Crippen LogP contribution in [0.2, 0.25) is 0 Å². The number of hydrogen-bond acceptors (Lipinski definition) is 2. The minimum Gasteiger partial charge on any atom is -0.343 e. The number of hydrogen-bond donors (Lipinski definition) is 1. The molecule has 0 saturated heterocycles. The van der Waals surface area contributed by atoms with E-state index in [0.29, 0.717) is 5.92 Å². The van der Waals surface area contributed by atoms with Crippen LogP contribution in [0.1, 0.15) is 47.0 Å². The van der Waals surface area contributed by atoms with Gasteiger partial charge in [-0.15, -0.1) is 0 Å². The molecule has 0 aliphatic heterocycles. The standard InChI is InChI=1S/C13H28N2O/c1-5-7-9-14-10-8-12(3)11-15(6-2)13(4)16/h12,14H,5-11H2,1-4H3. The van der Waals surface area contributed by atoms with E-state index in [1.807, 2.05) is 11.8 Å². The molecule has 96 valence electrons. The SMILES string of the molecule is CCCCNCCC(C)CN(CC)C(C)=O. The first-order valence-electron chi connectivity index (χ1n) is 6.58. The molecule has 0 bridgehead atoms. The summed E-state index contributed by atoms with van der Waals surface area (Å²) in [6.45, 7) is 12.0. The minimum absolute atomic E-state index is 0.188. The molecule has 0 aromatic heterocycles. The largest absolute Gasteiger partial charge is 0.343 e. The van der Waals surface area contributed by atoms with Crippen molar-refractivity contribution in [2.75, 3.05) is 26.2 Å². The number of carbonyl (C=O) groups is 1. The number of rotatable bonds is 9. The van der Waals surface area contributed by atoms with Gasteiger partial charge in [0.25, 0.3) is 0 Å². The Morgan fingerprint density at radius 1 is 1.31 bits per heavy atom. The monoisotopic (exact) mass is 228 g/mol. The van der Waals surface area contributed by atoms with Gasteiger partial charge in [-0.1, -0.05) is 20.3 Å². The lowest BCUT2D eigenvalue weighted by atomic mass is 10.1. The molecule has 0 spiro atoms. The van der Waals surface area contributed by atoms with Gasteiger partial charge in [0.15, 0.2) is 0 Å². The summed E-state index contributed by atoms with van der Waals surface area (Å²) in [5.41, 5.74) is 0. The van der Waals surface area contributed by atoms with Crippen LogP contribution in [-0.4, -0.2) is 37.0 Å². The van der Waals surface area contributed by atoms with Crippen LogP contribution < -0.4 is 5.32 Å². The zero-order chi connectivity index (χ0) is 12.4. The van der Waals surface area contributed by atoms with Crippen LogP contribution in [0.4, 0.5) is 0 Å². The molecule has 1 atom stereocenters. The summed E-state index contributed by atoms with van der Waals surface area (Å²) in [5.74, 6) is 0.770. The zero-order valence-corrected chi connectivity index (χ0v) is 11.4. The first-order valence-corrected chi connectivity index (χ1v) is 6.58. The van der Waals surface area contributed by atoms with Gasteiger partial charge < -0.3 is 10.2 Å². The lowest BCUT2D eigenvalue weighted by molar-refractivity contribution is -0.129. The van der Waals surface area contributed by atoms with E-state index in [1.165, 1.54) is 12.8 Å². The highest BCUT2D eigenvalue weighted by atomic mass is 16.2. The summed E-state index contributed by atoms with van der Waals surface area (Å²) in [7, 11) is 0. The van der Waals surface area contributed by atoms with Crippen LogP contribution in [0.3, 0.4) is 0 Å². The molecule has 0 aliphatic rings. The second kappa shape index (κ2) is 9.64. The van der Waals surface area contributed by atoms with Gasteiger partial charge in [0.2, 0.25) is 5.91 Å². The molecule has 3 heteroatoms. The Kier molecular flexibility index (Phi) is 9.30. The summed E-state index contributed by atoms with van der Waals surface area (Å²) in [5, 5.41) is 3.43. The highest BCUT2D eigenvalue weighted by molar-refractivity contribution is 5.73. The molecular weight excluding hydrogens is 200 g/mol. The van der Waals surface area contributed by atoms with Crippen LogP contribution in [0.25, 0.3) is 0 Å². The maximum atomic E-state index is 11.2. The summed E-state index contributed by atoms with van der Waals surface area (Å²) >= 11 is 0. The third kappa shape index (κ3) is 7.69. The van der Waals surface area contributed by atoms with E-state index in [-0.39, 0.29) is 5.91 Å². The van der Waals surface area contributed by atoms with E-state index in [1.54, 1.807) is 6.92 Å². The highest BCUT2D eigenvalue weighted by Crippen LogP contribution is 2.04. The van der Waals surface area contributed by atoms with E-state index in [9.17, 15) is 4.79 Å². The van der Waals surface area contributed by atoms with Crippen LogP contribution in [-0.2, 0) is 4.79 Å². The number of nitrogens with one attached hydrogen (secondary N) is 1. The number of carbonyl (C=O) groups excluding carboxylic acids is 1. The Bertz CT molecular complexity index is 183. The van der Waals surface area contributed by atoms with Gasteiger partial charge in [-0.3, -0.25) is 4.79 Å². The van der Waals surface area contributed by atoms with Gasteiger partial charge in [-0.05, 0) is 38.8 Å². The molecule has 0 rings (SSSR count). The Hall–Kier alpha value is -0.570. The molecule has 0 aliphatic carbocycles. The zero-order valence-electron chi connectivity index (χ0n) is 11.4. The molecule has 1 unspecified atom stereocenters. The van der Waals surface area contributed by atoms with Crippen LogP contribution in [0.5, 0.6) is 0 Å². The predicted octanol–water partition coefficient (Wildman–Crippen LogP) is 2.27. The van der Waals surface area contributed by atoms with Crippen molar-refractivity contribution in [1.29, 1.82) is 0 Å². The van der Waals surface area contributed by atoms with Crippen LogP contribution in [0, 0.1) is 5.92 Å². The molecule has 3 nitrogen and oxygen atoms in total. The van der Waals surface area contributed by atoms with Crippen molar-refractivity contribution in [3.63, 3.8) is 0 Å². The maximum Gasteiger partial charge on any atom is 0.219 e. The van der Waals surface area contributed by atoms with Crippen molar-refractivity contribution in [1.82, 2.24) is 10.2 Å². The molecule has 1 N–H and O–H groups in total. The average Bonchev–Trinajstić information content (AvgIpc) is 2.25. The van der Waals surface area contributed by atoms with Crippen LogP contribution in [0.15, 0.2) is 0 Å². The Morgan fingerprint density at radius 3 is 2.50 bits per heavy atom. The van der Waals surface area contributed by atoms with Crippen molar-refractivity contribution in [3.8, 4) is 0 Å². The van der Waals surface area contributed by atoms with Gasteiger partial charge in [-0.2, -0.15) is 0 Å². The Morgan fingerprint density at radius 2 is 2.00 bits per heavy atom. The summed E-state index contributed by atoms with van der Waals surface area (Å²) in [6, 6.07) is 0. The molecule has 0 fully saturated rings. The molecule has 1 amide bonds. The fourth-order valence-corrected chi connectivity index (χ4v) is 1.72. The molecule has 0 saturated carbocycles. The lowest BCUT2D eigenvalue weighted by Crippen LogP contribution is -2.33. The van der Waals surface area contributed by atoms with E-state index >= 15 is 0 Å². The third-order valence-electron chi connectivity index (χ3n) is 2.88. The normalized spacial score (nSPS) is 12.5. The average molecular weight is 228 g/mol. The number of nitrogens with zero attached hydrogens (tertiary/aromatic N) is 1. The minimum atomic E-state index is 0.188. The summed E-state index contributed by atoms with van der Waals surface area (Å²) in [4.78, 5) is 13.1. The van der Waals surface area contributed by atoms with E-state index < -0.39 is 0 Å². The molecule has 0 heterocycles. The smallest absolute Gasteiger partial charge is 0.219 e. The first-order chi connectivity index (χ1) is 7.61. The van der Waals surface area contributed by atoms with E-state index in [4.69, 9.17) is 0 Å². The van der Waals surface area contributed by atoms with Gasteiger partial charge in [0, 0.05) is 20.0 Å².